The molecule has 3 N–H and O–H groups in total. The van der Waals surface area contributed by atoms with Crippen molar-refractivity contribution in [3.8, 4) is 17.0 Å². The molecule has 0 radical (unpaired) electrons. The molecule has 162 valence electrons. The van der Waals surface area contributed by atoms with E-state index in [4.69, 9.17) is 25.2 Å². The third kappa shape index (κ3) is 5.19. The standard InChI is InChI=1S/C22H31N5O3/c23-15-18(28)16-30-19-6-4-5-17(13-19)20-14-21(26-7-2-1-3-8-26)25-22(24-20)27-9-11-29-12-10-27/h4-6,13-14,18,28H,1-3,7-12,15-16,23H2. The third-order valence-electron chi connectivity index (χ3n) is 5.52. The zero-order valence-corrected chi connectivity index (χ0v) is 17.4. The molecule has 30 heavy (non-hydrogen) atoms. The first-order valence-electron chi connectivity index (χ1n) is 10.8. The smallest absolute Gasteiger partial charge is 0.228 e. The average molecular weight is 414 g/mol. The van der Waals surface area contributed by atoms with E-state index in [0.717, 1.165) is 49.2 Å². The fourth-order valence-corrected chi connectivity index (χ4v) is 3.77. The number of aliphatic hydroxyl groups excluding tert-OH is 1. The maximum absolute atomic E-state index is 9.67. The van der Waals surface area contributed by atoms with Crippen LogP contribution in [-0.4, -0.2) is 73.7 Å². The Morgan fingerprint density at radius 3 is 2.60 bits per heavy atom. The van der Waals surface area contributed by atoms with Gasteiger partial charge in [-0.25, -0.2) is 4.98 Å². The number of rotatable bonds is 7. The molecule has 2 aliphatic heterocycles. The molecule has 2 fully saturated rings. The first-order chi connectivity index (χ1) is 14.7. The van der Waals surface area contributed by atoms with Gasteiger partial charge in [0.1, 0.15) is 24.3 Å². The summed E-state index contributed by atoms with van der Waals surface area (Å²) >= 11 is 0. The maximum atomic E-state index is 9.67. The Bertz CT molecular complexity index is 786. The zero-order chi connectivity index (χ0) is 20.8. The number of benzene rings is 1. The number of nitrogens with zero attached hydrogens (tertiary/aromatic N) is 4. The lowest BCUT2D eigenvalue weighted by Gasteiger charge is -2.31. The van der Waals surface area contributed by atoms with Crippen molar-refractivity contribution in [1.82, 2.24) is 9.97 Å². The Morgan fingerprint density at radius 1 is 1.03 bits per heavy atom. The highest BCUT2D eigenvalue weighted by atomic mass is 16.5. The van der Waals surface area contributed by atoms with Gasteiger partial charge in [-0.2, -0.15) is 4.98 Å². The van der Waals surface area contributed by atoms with Gasteiger partial charge in [0.2, 0.25) is 5.95 Å². The molecule has 0 saturated carbocycles. The summed E-state index contributed by atoms with van der Waals surface area (Å²) in [6.45, 7) is 5.37. The fourth-order valence-electron chi connectivity index (χ4n) is 3.77. The first-order valence-corrected chi connectivity index (χ1v) is 10.8. The highest BCUT2D eigenvalue weighted by molar-refractivity contribution is 5.66. The molecule has 0 amide bonds. The molecule has 0 aliphatic carbocycles. The number of morpholine rings is 1. The molecule has 0 spiro atoms. The van der Waals surface area contributed by atoms with Crippen molar-refractivity contribution in [3.05, 3.63) is 30.3 Å². The second-order valence-corrected chi connectivity index (χ2v) is 7.79. The topological polar surface area (TPSA) is 97.0 Å². The average Bonchev–Trinajstić information content (AvgIpc) is 2.83. The first kappa shape index (κ1) is 20.8. The van der Waals surface area contributed by atoms with Crippen LogP contribution in [0, 0.1) is 0 Å². The quantitative estimate of drug-likeness (QED) is 0.708. The van der Waals surface area contributed by atoms with Gasteiger partial charge in [-0.15, -0.1) is 0 Å². The minimum Gasteiger partial charge on any atom is -0.491 e. The summed E-state index contributed by atoms with van der Waals surface area (Å²) in [7, 11) is 0. The molecule has 8 heteroatoms. The number of hydrogen-bond acceptors (Lipinski definition) is 8. The molecule has 1 aromatic carbocycles. The molecule has 2 saturated heterocycles. The molecule has 1 aromatic heterocycles. The van der Waals surface area contributed by atoms with E-state index >= 15 is 0 Å². The normalized spacial score (nSPS) is 18.3. The largest absolute Gasteiger partial charge is 0.491 e. The number of ether oxygens (including phenoxy) is 2. The molecular formula is C22H31N5O3. The van der Waals surface area contributed by atoms with Crippen molar-refractivity contribution in [2.45, 2.75) is 25.4 Å². The van der Waals surface area contributed by atoms with Gasteiger partial charge < -0.3 is 30.1 Å². The molecule has 4 rings (SSSR count). The van der Waals surface area contributed by atoms with E-state index in [0.29, 0.717) is 19.0 Å². The summed E-state index contributed by atoms with van der Waals surface area (Å²) in [6.07, 6.45) is 2.99. The van der Waals surface area contributed by atoms with Crippen LogP contribution in [0.5, 0.6) is 5.75 Å². The van der Waals surface area contributed by atoms with Gasteiger partial charge in [-0.05, 0) is 31.4 Å². The molecule has 1 unspecified atom stereocenters. The van der Waals surface area contributed by atoms with Gasteiger partial charge in [-0.1, -0.05) is 12.1 Å². The van der Waals surface area contributed by atoms with E-state index in [1.54, 1.807) is 0 Å². The van der Waals surface area contributed by atoms with Crippen LogP contribution in [0.4, 0.5) is 11.8 Å². The summed E-state index contributed by atoms with van der Waals surface area (Å²) in [5.41, 5.74) is 7.30. The predicted octanol–water partition coefficient (Wildman–Crippen LogP) is 1.67. The highest BCUT2D eigenvalue weighted by Crippen LogP contribution is 2.29. The van der Waals surface area contributed by atoms with Gasteiger partial charge in [0.05, 0.1) is 18.9 Å². The number of nitrogens with two attached hydrogens (primary N) is 1. The van der Waals surface area contributed by atoms with Crippen LogP contribution >= 0.6 is 0 Å². The van der Waals surface area contributed by atoms with Crippen LogP contribution < -0.4 is 20.3 Å². The molecule has 8 nitrogen and oxygen atoms in total. The minimum atomic E-state index is -0.675. The molecular weight excluding hydrogens is 382 g/mol. The minimum absolute atomic E-state index is 0.168. The lowest BCUT2D eigenvalue weighted by molar-refractivity contribution is 0.114. The van der Waals surface area contributed by atoms with Gasteiger partial charge in [0.15, 0.2) is 0 Å². The zero-order valence-electron chi connectivity index (χ0n) is 17.4. The van der Waals surface area contributed by atoms with Crippen molar-refractivity contribution < 1.29 is 14.6 Å². The van der Waals surface area contributed by atoms with Crippen molar-refractivity contribution in [2.75, 3.05) is 62.3 Å². The molecule has 2 aromatic rings. The van der Waals surface area contributed by atoms with Crippen LogP contribution in [0.15, 0.2) is 30.3 Å². The lowest BCUT2D eigenvalue weighted by Crippen LogP contribution is -2.38. The second-order valence-electron chi connectivity index (χ2n) is 7.79. The maximum Gasteiger partial charge on any atom is 0.228 e. The van der Waals surface area contributed by atoms with Gasteiger partial charge >= 0.3 is 0 Å². The van der Waals surface area contributed by atoms with Crippen LogP contribution in [-0.2, 0) is 4.74 Å². The lowest BCUT2D eigenvalue weighted by atomic mass is 10.1. The van der Waals surface area contributed by atoms with Crippen LogP contribution in [0.2, 0.25) is 0 Å². The highest BCUT2D eigenvalue weighted by Gasteiger charge is 2.20. The Kier molecular flexibility index (Phi) is 6.99. The number of hydrogen-bond donors (Lipinski definition) is 2. The van der Waals surface area contributed by atoms with Crippen molar-refractivity contribution in [2.24, 2.45) is 5.73 Å². The molecule has 2 aliphatic rings. The number of piperidine rings is 1. The predicted molar refractivity (Wildman–Crippen MR) is 117 cm³/mol. The summed E-state index contributed by atoms with van der Waals surface area (Å²) in [5.74, 6) is 2.42. The van der Waals surface area contributed by atoms with Crippen molar-refractivity contribution in [3.63, 3.8) is 0 Å². The number of aliphatic hydroxyl groups is 1. The third-order valence-corrected chi connectivity index (χ3v) is 5.52. The van der Waals surface area contributed by atoms with Crippen molar-refractivity contribution >= 4 is 11.8 Å². The summed E-state index contributed by atoms with van der Waals surface area (Å²) in [4.78, 5) is 14.3. The Labute approximate surface area is 177 Å². The number of aromatic nitrogens is 2. The molecule has 0 bridgehead atoms. The van der Waals surface area contributed by atoms with Crippen LogP contribution in [0.3, 0.4) is 0 Å². The monoisotopic (exact) mass is 413 g/mol. The molecule has 3 heterocycles. The van der Waals surface area contributed by atoms with E-state index in [1.807, 2.05) is 24.3 Å². The van der Waals surface area contributed by atoms with E-state index in [-0.39, 0.29) is 13.2 Å². The SMILES string of the molecule is NCC(O)COc1cccc(-c2cc(N3CCCCC3)nc(N3CCOCC3)n2)c1. The molecule has 1 atom stereocenters. The van der Waals surface area contributed by atoms with E-state index < -0.39 is 6.10 Å². The summed E-state index contributed by atoms with van der Waals surface area (Å²) in [5, 5.41) is 9.67. The van der Waals surface area contributed by atoms with E-state index in [2.05, 4.69) is 15.9 Å². The van der Waals surface area contributed by atoms with Crippen molar-refractivity contribution in [1.29, 1.82) is 0 Å². The van der Waals surface area contributed by atoms with Gasteiger partial charge in [0.25, 0.3) is 0 Å². The Morgan fingerprint density at radius 2 is 1.83 bits per heavy atom. The summed E-state index contributed by atoms with van der Waals surface area (Å²) < 4.78 is 11.2. The summed E-state index contributed by atoms with van der Waals surface area (Å²) in [6, 6.07) is 9.87. The Hall–Kier alpha value is -2.42. The second kappa shape index (κ2) is 10.1. The fraction of sp³-hybridized carbons (Fsp3) is 0.545. The Balaban J connectivity index is 1.64. The van der Waals surface area contributed by atoms with E-state index in [9.17, 15) is 5.11 Å². The number of anilines is 2. The van der Waals surface area contributed by atoms with Crippen LogP contribution in [0.1, 0.15) is 19.3 Å². The van der Waals surface area contributed by atoms with E-state index in [1.165, 1.54) is 19.3 Å². The van der Waals surface area contributed by atoms with Crippen LogP contribution in [0.25, 0.3) is 11.3 Å². The van der Waals surface area contributed by atoms with Gasteiger partial charge in [0, 0.05) is 44.4 Å². The van der Waals surface area contributed by atoms with Gasteiger partial charge in [-0.3, -0.25) is 0 Å².